The molecule has 1 aliphatic carbocycles. The van der Waals surface area contributed by atoms with Crippen LogP contribution in [0.3, 0.4) is 0 Å². The molecule has 2 aliphatic rings. The van der Waals surface area contributed by atoms with Gasteiger partial charge >= 0.3 is 0 Å². The minimum absolute atomic E-state index is 0.0352. The van der Waals surface area contributed by atoms with Crippen LogP contribution in [0.25, 0.3) is 0 Å². The number of benzene rings is 3. The van der Waals surface area contributed by atoms with Crippen molar-refractivity contribution in [1.29, 1.82) is 0 Å². The maximum atomic E-state index is 13.9. The molecule has 196 valence electrons. The van der Waals surface area contributed by atoms with Gasteiger partial charge in [-0.25, -0.2) is 8.42 Å². The molecule has 1 saturated heterocycles. The molecule has 37 heavy (non-hydrogen) atoms. The lowest BCUT2D eigenvalue weighted by molar-refractivity contribution is -0.0849. The summed E-state index contributed by atoms with van der Waals surface area (Å²) in [6.45, 7) is 1.48. The van der Waals surface area contributed by atoms with Gasteiger partial charge in [0.25, 0.3) is 10.0 Å². The third-order valence-corrected chi connectivity index (χ3v) is 9.90. The maximum absolute atomic E-state index is 13.9. The highest BCUT2D eigenvalue weighted by molar-refractivity contribution is 7.92. The monoisotopic (exact) mass is 520 g/mol. The number of piperidine rings is 1. The molecule has 1 heterocycles. The Labute approximate surface area is 220 Å². The van der Waals surface area contributed by atoms with Crippen molar-refractivity contribution < 1.29 is 18.3 Å². The summed E-state index contributed by atoms with van der Waals surface area (Å²) in [5.41, 5.74) is 0.783. The van der Waals surface area contributed by atoms with E-state index in [1.54, 1.807) is 35.7 Å². The number of nitrogens with zero attached hydrogens (tertiary/aromatic N) is 2. The third-order valence-electron chi connectivity index (χ3n) is 8.01. The lowest BCUT2D eigenvalue weighted by Gasteiger charge is -2.49. The van der Waals surface area contributed by atoms with Crippen LogP contribution in [0.15, 0.2) is 89.8 Å². The van der Waals surface area contributed by atoms with Crippen LogP contribution in [0, 0.1) is 0 Å². The number of para-hydroxylation sites is 1. The zero-order chi connectivity index (χ0) is 25.9. The summed E-state index contributed by atoms with van der Waals surface area (Å²) in [6, 6.07) is 25.9. The molecule has 6 nitrogen and oxygen atoms in total. The molecule has 2 atom stereocenters. The van der Waals surface area contributed by atoms with Gasteiger partial charge in [-0.2, -0.15) is 0 Å². The zero-order valence-electron chi connectivity index (χ0n) is 21.4. The van der Waals surface area contributed by atoms with Gasteiger partial charge in [0.15, 0.2) is 0 Å². The van der Waals surface area contributed by atoms with Crippen LogP contribution < -0.4 is 9.04 Å². The van der Waals surface area contributed by atoms with Crippen molar-refractivity contribution >= 4 is 15.7 Å². The molecule has 1 aliphatic heterocycles. The Kier molecular flexibility index (Phi) is 7.56. The van der Waals surface area contributed by atoms with E-state index in [1.165, 1.54) is 0 Å². The molecule has 0 amide bonds. The standard InChI is InChI=1S/C30H36N2O4S/c1-36-27-15-17-28(18-16-27)37(34,35)32(25-12-6-3-7-13-25)26-19-22-31(23-20-26)29-14-8-9-21-30(29,33)24-10-4-2-5-11-24/h2-7,10-13,15-18,26,29,33H,8-9,14,19-23H2,1H3/t29-,30+/m1/s1. The van der Waals surface area contributed by atoms with Crippen LogP contribution in [-0.2, 0) is 15.6 Å². The fourth-order valence-electron chi connectivity index (χ4n) is 6.10. The Morgan fingerprint density at radius 1 is 0.865 bits per heavy atom. The average molecular weight is 521 g/mol. The van der Waals surface area contributed by atoms with E-state index in [0.717, 1.165) is 44.3 Å². The van der Waals surface area contributed by atoms with E-state index in [1.807, 2.05) is 60.7 Å². The van der Waals surface area contributed by atoms with Gasteiger partial charge in [0, 0.05) is 25.2 Å². The van der Waals surface area contributed by atoms with Crippen LogP contribution in [0.2, 0.25) is 0 Å². The maximum Gasteiger partial charge on any atom is 0.264 e. The number of methoxy groups -OCH3 is 1. The van der Waals surface area contributed by atoms with E-state index < -0.39 is 15.6 Å². The van der Waals surface area contributed by atoms with Crippen molar-refractivity contribution in [3.8, 4) is 5.75 Å². The summed E-state index contributed by atoms with van der Waals surface area (Å²) in [6.07, 6.45) is 5.21. The molecule has 0 spiro atoms. The molecule has 3 aromatic rings. The predicted molar refractivity (Wildman–Crippen MR) is 146 cm³/mol. The number of aliphatic hydroxyl groups is 1. The van der Waals surface area contributed by atoms with Gasteiger partial charge in [0.1, 0.15) is 11.4 Å². The molecule has 5 rings (SSSR count). The molecule has 0 unspecified atom stereocenters. The van der Waals surface area contributed by atoms with Crippen molar-refractivity contribution in [1.82, 2.24) is 4.90 Å². The van der Waals surface area contributed by atoms with E-state index in [-0.39, 0.29) is 17.0 Å². The highest BCUT2D eigenvalue weighted by Crippen LogP contribution is 2.41. The van der Waals surface area contributed by atoms with Crippen molar-refractivity contribution in [3.05, 3.63) is 90.5 Å². The predicted octanol–water partition coefficient (Wildman–Crippen LogP) is 5.19. The number of sulfonamides is 1. The molecule has 0 aromatic heterocycles. The zero-order valence-corrected chi connectivity index (χ0v) is 22.2. The largest absolute Gasteiger partial charge is 0.497 e. The summed E-state index contributed by atoms with van der Waals surface area (Å²) in [7, 11) is -2.21. The second-order valence-corrected chi connectivity index (χ2v) is 11.9. The molecule has 7 heteroatoms. The minimum Gasteiger partial charge on any atom is -0.497 e. The van der Waals surface area contributed by atoms with Gasteiger partial charge in [-0.15, -0.1) is 0 Å². The van der Waals surface area contributed by atoms with Crippen LogP contribution >= 0.6 is 0 Å². The first-order valence-corrected chi connectivity index (χ1v) is 14.6. The van der Waals surface area contributed by atoms with Gasteiger partial charge in [-0.1, -0.05) is 61.4 Å². The van der Waals surface area contributed by atoms with Crippen molar-refractivity contribution in [2.45, 2.75) is 61.1 Å². The molecule has 2 fully saturated rings. The number of hydrogen-bond donors (Lipinski definition) is 1. The van der Waals surface area contributed by atoms with E-state index in [2.05, 4.69) is 4.90 Å². The van der Waals surface area contributed by atoms with Crippen LogP contribution in [0.4, 0.5) is 5.69 Å². The number of rotatable bonds is 7. The summed E-state index contributed by atoms with van der Waals surface area (Å²) < 4.78 is 34.7. The fourth-order valence-corrected chi connectivity index (χ4v) is 7.81. The van der Waals surface area contributed by atoms with Crippen molar-refractivity contribution in [3.63, 3.8) is 0 Å². The molecule has 0 bridgehead atoms. The molecular weight excluding hydrogens is 484 g/mol. The first-order valence-electron chi connectivity index (χ1n) is 13.2. The highest BCUT2D eigenvalue weighted by atomic mass is 32.2. The quantitative estimate of drug-likeness (QED) is 0.465. The van der Waals surface area contributed by atoms with Gasteiger partial charge in [-0.3, -0.25) is 9.21 Å². The van der Waals surface area contributed by atoms with Gasteiger partial charge in [-0.05, 0) is 67.6 Å². The van der Waals surface area contributed by atoms with Crippen molar-refractivity contribution in [2.24, 2.45) is 0 Å². The average Bonchev–Trinajstić information content (AvgIpc) is 2.95. The summed E-state index contributed by atoms with van der Waals surface area (Å²) in [5, 5.41) is 11.9. The molecule has 1 N–H and O–H groups in total. The summed E-state index contributed by atoms with van der Waals surface area (Å²) in [5.74, 6) is 0.622. The van der Waals surface area contributed by atoms with Crippen LogP contribution in [0.5, 0.6) is 5.75 Å². The summed E-state index contributed by atoms with van der Waals surface area (Å²) >= 11 is 0. The number of likely N-dealkylation sites (tertiary alicyclic amines) is 1. The Morgan fingerprint density at radius 2 is 1.49 bits per heavy atom. The number of ether oxygens (including phenoxy) is 1. The lowest BCUT2D eigenvalue weighted by Crippen LogP contribution is -2.57. The smallest absolute Gasteiger partial charge is 0.264 e. The SMILES string of the molecule is COc1ccc(S(=O)(=O)N(c2ccccc2)C2CCN([C@@H]3CCCC[C@]3(O)c3ccccc3)CC2)cc1. The topological polar surface area (TPSA) is 70.1 Å². The first-order chi connectivity index (χ1) is 17.9. The molecule has 0 radical (unpaired) electrons. The number of hydrogen-bond acceptors (Lipinski definition) is 5. The Balaban J connectivity index is 1.39. The van der Waals surface area contributed by atoms with Gasteiger partial charge < -0.3 is 9.84 Å². The Bertz CT molecular complexity index is 1260. The summed E-state index contributed by atoms with van der Waals surface area (Å²) in [4.78, 5) is 2.65. The van der Waals surface area contributed by atoms with Gasteiger partial charge in [0.2, 0.25) is 0 Å². The van der Waals surface area contributed by atoms with E-state index in [0.29, 0.717) is 24.3 Å². The first kappa shape index (κ1) is 25.8. The lowest BCUT2D eigenvalue weighted by atomic mass is 9.74. The number of anilines is 1. The van der Waals surface area contributed by atoms with Crippen LogP contribution in [0.1, 0.15) is 44.1 Å². The normalized spacial score (nSPS) is 23.5. The second kappa shape index (κ2) is 10.9. The Hall–Kier alpha value is -2.87. The third kappa shape index (κ3) is 5.13. The Morgan fingerprint density at radius 3 is 2.11 bits per heavy atom. The van der Waals surface area contributed by atoms with E-state index in [4.69, 9.17) is 4.74 Å². The molecule has 3 aromatic carbocycles. The van der Waals surface area contributed by atoms with Gasteiger partial charge in [0.05, 0.1) is 17.7 Å². The minimum atomic E-state index is -3.78. The van der Waals surface area contributed by atoms with E-state index >= 15 is 0 Å². The highest BCUT2D eigenvalue weighted by Gasteiger charge is 2.45. The molecular formula is C30H36N2O4S. The van der Waals surface area contributed by atoms with Crippen LogP contribution in [-0.4, -0.2) is 50.7 Å². The van der Waals surface area contributed by atoms with Crippen molar-refractivity contribution in [2.75, 3.05) is 24.5 Å². The molecule has 1 saturated carbocycles. The fraction of sp³-hybridized carbons (Fsp3) is 0.400. The second-order valence-electron chi connectivity index (χ2n) is 10.1. The van der Waals surface area contributed by atoms with E-state index in [9.17, 15) is 13.5 Å².